The molecule has 1 aliphatic rings. The smallest absolute Gasteiger partial charge is 0.0589 e. The zero-order valence-electron chi connectivity index (χ0n) is 7.74. The zero-order chi connectivity index (χ0) is 8.97. The molecule has 0 bridgehead atoms. The largest absolute Gasteiger partial charge is 0.395 e. The predicted molar refractivity (Wildman–Crippen MR) is 54.7 cm³/mol. The van der Waals surface area contributed by atoms with Crippen molar-refractivity contribution in [1.29, 1.82) is 0 Å². The maximum Gasteiger partial charge on any atom is 0.0589 e. The minimum Gasteiger partial charge on any atom is -0.395 e. The molecule has 0 saturated carbocycles. The number of nitrogens with zero attached hydrogens (tertiary/aromatic N) is 1. The van der Waals surface area contributed by atoms with Crippen LogP contribution in [0, 0.1) is 5.92 Å². The summed E-state index contributed by atoms with van der Waals surface area (Å²) in [5.41, 5.74) is 0. The molecule has 3 heteroatoms. The molecule has 0 aromatic heterocycles. The van der Waals surface area contributed by atoms with Gasteiger partial charge in [0.15, 0.2) is 0 Å². The zero-order valence-corrected chi connectivity index (χ0v) is 8.63. The molecule has 0 aliphatic carbocycles. The Morgan fingerprint density at radius 1 is 1.58 bits per heavy atom. The molecule has 1 N–H and O–H groups in total. The van der Waals surface area contributed by atoms with Crippen LogP contribution in [-0.2, 0) is 0 Å². The van der Waals surface area contributed by atoms with E-state index in [0.29, 0.717) is 18.6 Å². The Morgan fingerprint density at radius 3 is 2.92 bits per heavy atom. The number of aliphatic hydroxyl groups is 1. The number of hydrogen-bond donors (Lipinski definition) is 2. The van der Waals surface area contributed by atoms with E-state index in [0.717, 1.165) is 25.3 Å². The summed E-state index contributed by atoms with van der Waals surface area (Å²) in [4.78, 5) is 2.39. The first-order chi connectivity index (χ1) is 5.79. The van der Waals surface area contributed by atoms with Gasteiger partial charge in [0.25, 0.3) is 0 Å². The van der Waals surface area contributed by atoms with Crippen molar-refractivity contribution in [3.05, 3.63) is 0 Å². The Morgan fingerprint density at radius 2 is 2.33 bits per heavy atom. The van der Waals surface area contributed by atoms with Crippen molar-refractivity contribution in [2.45, 2.75) is 25.8 Å². The third-order valence-corrected chi connectivity index (χ3v) is 3.10. The van der Waals surface area contributed by atoms with Crippen molar-refractivity contribution in [3.63, 3.8) is 0 Å². The maximum atomic E-state index is 9.15. The topological polar surface area (TPSA) is 23.5 Å². The van der Waals surface area contributed by atoms with Crippen molar-refractivity contribution in [2.24, 2.45) is 5.92 Å². The molecule has 0 aromatic rings. The Labute approximate surface area is 80.4 Å². The number of likely N-dealkylation sites (tertiary alicyclic amines) is 1. The highest BCUT2D eigenvalue weighted by atomic mass is 32.1. The Balaban J connectivity index is 2.32. The van der Waals surface area contributed by atoms with Gasteiger partial charge in [0.1, 0.15) is 0 Å². The van der Waals surface area contributed by atoms with E-state index in [1.54, 1.807) is 0 Å². The summed E-state index contributed by atoms with van der Waals surface area (Å²) in [7, 11) is 0. The molecule has 12 heavy (non-hydrogen) atoms. The number of thiol groups is 1. The van der Waals surface area contributed by atoms with Crippen molar-refractivity contribution in [3.8, 4) is 0 Å². The Hall–Kier alpha value is 0.270. The summed E-state index contributed by atoms with van der Waals surface area (Å²) in [6, 6.07) is 0.407. The number of aliphatic hydroxyl groups excluding tert-OH is 1. The van der Waals surface area contributed by atoms with Crippen LogP contribution in [-0.4, -0.2) is 41.5 Å². The number of rotatable bonds is 4. The lowest BCUT2D eigenvalue weighted by Crippen LogP contribution is -2.35. The van der Waals surface area contributed by atoms with Crippen molar-refractivity contribution < 1.29 is 5.11 Å². The van der Waals surface area contributed by atoms with Crippen LogP contribution >= 0.6 is 12.6 Å². The lowest BCUT2D eigenvalue weighted by Gasteiger charge is -2.24. The van der Waals surface area contributed by atoms with E-state index in [2.05, 4.69) is 24.5 Å². The fourth-order valence-corrected chi connectivity index (χ4v) is 2.08. The van der Waals surface area contributed by atoms with Gasteiger partial charge in [-0.15, -0.1) is 0 Å². The second-order valence-corrected chi connectivity index (χ2v) is 4.08. The monoisotopic (exact) mass is 189 g/mol. The van der Waals surface area contributed by atoms with Crippen LogP contribution in [0.5, 0.6) is 0 Å². The van der Waals surface area contributed by atoms with Crippen LogP contribution in [0.4, 0.5) is 0 Å². The highest BCUT2D eigenvalue weighted by molar-refractivity contribution is 7.80. The molecule has 0 spiro atoms. The molecule has 72 valence electrons. The van der Waals surface area contributed by atoms with Crippen molar-refractivity contribution >= 4 is 12.6 Å². The lowest BCUT2D eigenvalue weighted by molar-refractivity contribution is 0.140. The summed E-state index contributed by atoms with van der Waals surface area (Å²) in [5, 5.41) is 9.15. The average molecular weight is 189 g/mol. The van der Waals surface area contributed by atoms with Gasteiger partial charge in [-0.05, 0) is 37.6 Å². The Kier molecular flexibility index (Phi) is 4.40. The summed E-state index contributed by atoms with van der Waals surface area (Å²) in [6.07, 6.45) is 2.37. The fourth-order valence-electron chi connectivity index (χ4n) is 1.93. The first-order valence-corrected chi connectivity index (χ1v) is 5.38. The van der Waals surface area contributed by atoms with Gasteiger partial charge >= 0.3 is 0 Å². The van der Waals surface area contributed by atoms with E-state index < -0.39 is 0 Å². The van der Waals surface area contributed by atoms with Crippen LogP contribution in [0.1, 0.15) is 19.8 Å². The second kappa shape index (κ2) is 5.10. The summed E-state index contributed by atoms with van der Waals surface area (Å²) < 4.78 is 0. The van der Waals surface area contributed by atoms with Crippen LogP contribution in [0.25, 0.3) is 0 Å². The van der Waals surface area contributed by atoms with Crippen LogP contribution in [0.3, 0.4) is 0 Å². The van der Waals surface area contributed by atoms with Crippen LogP contribution < -0.4 is 0 Å². The van der Waals surface area contributed by atoms with E-state index >= 15 is 0 Å². The minimum absolute atomic E-state index is 0.313. The molecule has 2 nitrogen and oxygen atoms in total. The summed E-state index contributed by atoms with van der Waals surface area (Å²) in [5.74, 6) is 1.61. The number of hydrogen-bond acceptors (Lipinski definition) is 3. The van der Waals surface area contributed by atoms with Gasteiger partial charge in [-0.2, -0.15) is 12.6 Å². The van der Waals surface area contributed by atoms with E-state index in [1.165, 1.54) is 6.42 Å². The van der Waals surface area contributed by atoms with Crippen LogP contribution in [0.15, 0.2) is 0 Å². The van der Waals surface area contributed by atoms with Gasteiger partial charge in [-0.3, -0.25) is 4.90 Å². The van der Waals surface area contributed by atoms with Gasteiger partial charge in [0.05, 0.1) is 6.61 Å². The normalized spacial score (nSPS) is 31.2. The third kappa shape index (κ3) is 2.38. The molecule has 1 fully saturated rings. The minimum atomic E-state index is 0.313. The quantitative estimate of drug-likeness (QED) is 0.645. The predicted octanol–water partition coefficient (Wildman–Crippen LogP) is 1.01. The maximum absolute atomic E-state index is 9.15. The standard InChI is InChI=1S/C9H19NOS/c1-8-3-5-10(4-2-6-12)9(8)7-11/h8-9,11-12H,2-7H2,1H3. The first-order valence-electron chi connectivity index (χ1n) is 4.75. The molecular weight excluding hydrogens is 170 g/mol. The van der Waals surface area contributed by atoms with E-state index in [-0.39, 0.29) is 0 Å². The van der Waals surface area contributed by atoms with Gasteiger partial charge in [0.2, 0.25) is 0 Å². The molecule has 2 unspecified atom stereocenters. The molecule has 2 atom stereocenters. The molecule has 1 aliphatic heterocycles. The molecule has 1 rings (SSSR count). The molecule has 0 aromatic carbocycles. The fraction of sp³-hybridized carbons (Fsp3) is 1.00. The van der Waals surface area contributed by atoms with Gasteiger partial charge < -0.3 is 5.11 Å². The first kappa shape index (κ1) is 10.4. The van der Waals surface area contributed by atoms with Crippen molar-refractivity contribution in [2.75, 3.05) is 25.4 Å². The van der Waals surface area contributed by atoms with E-state index in [9.17, 15) is 0 Å². The molecule has 1 saturated heterocycles. The van der Waals surface area contributed by atoms with E-state index in [1.807, 2.05) is 0 Å². The molecule has 0 radical (unpaired) electrons. The molecule has 0 amide bonds. The summed E-state index contributed by atoms with van der Waals surface area (Å²) >= 11 is 4.19. The Bertz CT molecular complexity index is 132. The van der Waals surface area contributed by atoms with Gasteiger partial charge in [-0.25, -0.2) is 0 Å². The molecule has 1 heterocycles. The third-order valence-electron chi connectivity index (χ3n) is 2.79. The molecular formula is C9H19NOS. The van der Waals surface area contributed by atoms with E-state index in [4.69, 9.17) is 5.11 Å². The highest BCUT2D eigenvalue weighted by Crippen LogP contribution is 2.23. The average Bonchev–Trinajstić information content (AvgIpc) is 2.43. The van der Waals surface area contributed by atoms with Crippen LogP contribution in [0.2, 0.25) is 0 Å². The summed E-state index contributed by atoms with van der Waals surface area (Å²) in [6.45, 7) is 4.79. The van der Waals surface area contributed by atoms with Gasteiger partial charge in [0, 0.05) is 6.04 Å². The second-order valence-electron chi connectivity index (χ2n) is 3.63. The van der Waals surface area contributed by atoms with Crippen molar-refractivity contribution in [1.82, 2.24) is 4.90 Å². The SMILES string of the molecule is CC1CCN(CCCS)C1CO. The highest BCUT2D eigenvalue weighted by Gasteiger charge is 2.29. The van der Waals surface area contributed by atoms with Gasteiger partial charge in [-0.1, -0.05) is 6.92 Å². The lowest BCUT2D eigenvalue weighted by atomic mass is 10.0.